The van der Waals surface area contributed by atoms with Gasteiger partial charge in [0.1, 0.15) is 17.8 Å². The lowest BCUT2D eigenvalue weighted by molar-refractivity contribution is -0.145. The zero-order valence-corrected chi connectivity index (χ0v) is 29.4. The average Bonchev–Trinajstić information content (AvgIpc) is 3.65. The maximum absolute atomic E-state index is 14.0. The number of piperidine rings is 1. The molecule has 1 aromatic carbocycles. The third-order valence-electron chi connectivity index (χ3n) is 8.89. The molecule has 52 heavy (non-hydrogen) atoms. The number of nitrogens with one attached hydrogen (secondary N) is 5. The van der Waals surface area contributed by atoms with Crippen molar-refractivity contribution in [1.82, 2.24) is 31.5 Å². The highest BCUT2D eigenvalue weighted by Crippen LogP contribution is 2.31. The van der Waals surface area contributed by atoms with Crippen LogP contribution in [0.3, 0.4) is 0 Å². The maximum Gasteiger partial charge on any atom is 0.246 e. The summed E-state index contributed by atoms with van der Waals surface area (Å²) in [5.74, 6) is -2.43. The van der Waals surface area contributed by atoms with Crippen LogP contribution in [0.4, 0.5) is 0 Å². The second kappa shape index (κ2) is 20.1. The first-order valence-corrected chi connectivity index (χ1v) is 17.4. The number of hydrogen-bond acceptors (Lipinski definition) is 10. The number of nitrogens with zero attached hydrogens (tertiary/aromatic N) is 1. The smallest absolute Gasteiger partial charge is 0.246 e. The molecule has 1 aromatic heterocycles. The first-order chi connectivity index (χ1) is 25.1. The van der Waals surface area contributed by atoms with Crippen LogP contribution in [0, 0.1) is 5.41 Å². The van der Waals surface area contributed by atoms with Gasteiger partial charge in [-0.3, -0.25) is 28.8 Å². The molecule has 0 saturated carbocycles. The van der Waals surface area contributed by atoms with Crippen molar-refractivity contribution in [3.05, 3.63) is 71.7 Å². The third-order valence-corrected chi connectivity index (χ3v) is 8.89. The van der Waals surface area contributed by atoms with Gasteiger partial charge in [-0.1, -0.05) is 24.3 Å². The van der Waals surface area contributed by atoms with Gasteiger partial charge in [0.05, 0.1) is 37.9 Å². The summed E-state index contributed by atoms with van der Waals surface area (Å²) >= 11 is 0. The predicted molar refractivity (Wildman–Crippen MR) is 188 cm³/mol. The molecule has 4 rings (SSSR count). The van der Waals surface area contributed by atoms with Crippen molar-refractivity contribution in [2.24, 2.45) is 11.1 Å². The van der Waals surface area contributed by atoms with Crippen molar-refractivity contribution in [3.8, 4) is 0 Å². The van der Waals surface area contributed by atoms with E-state index >= 15 is 0 Å². The van der Waals surface area contributed by atoms with E-state index in [2.05, 4.69) is 26.6 Å². The van der Waals surface area contributed by atoms with Gasteiger partial charge < -0.3 is 51.1 Å². The fourth-order valence-electron chi connectivity index (χ4n) is 6.22. The molecule has 0 radical (unpaired) electrons. The third kappa shape index (κ3) is 11.7. The van der Waals surface area contributed by atoms with Crippen LogP contribution in [-0.2, 0) is 57.6 Å². The number of methoxy groups -OCH3 is 1. The van der Waals surface area contributed by atoms with E-state index in [0.29, 0.717) is 49.4 Å². The lowest BCUT2D eigenvalue weighted by atomic mass is 9.79. The Morgan fingerprint density at radius 1 is 1.04 bits per heavy atom. The zero-order chi connectivity index (χ0) is 37.3. The van der Waals surface area contributed by atoms with Gasteiger partial charge in [0.15, 0.2) is 0 Å². The van der Waals surface area contributed by atoms with E-state index in [1.54, 1.807) is 36.4 Å². The van der Waals surface area contributed by atoms with Gasteiger partial charge >= 0.3 is 0 Å². The van der Waals surface area contributed by atoms with Crippen LogP contribution in [0.1, 0.15) is 36.1 Å². The summed E-state index contributed by atoms with van der Waals surface area (Å²) in [6.45, 7) is 1.51. The molecule has 2 aromatic rings. The molecule has 7 N–H and O–H groups in total. The quantitative estimate of drug-likeness (QED) is 0.165. The molecule has 2 bridgehead atoms. The van der Waals surface area contributed by atoms with Crippen molar-refractivity contribution in [2.75, 3.05) is 59.7 Å². The highest BCUT2D eigenvalue weighted by Gasteiger charge is 2.44. The molecule has 1 unspecified atom stereocenters. The number of hydrogen-bond donors (Lipinski definition) is 6. The van der Waals surface area contributed by atoms with E-state index in [-0.39, 0.29) is 58.7 Å². The minimum Gasteiger partial charge on any atom is -0.469 e. The van der Waals surface area contributed by atoms with Crippen LogP contribution >= 0.6 is 0 Å². The van der Waals surface area contributed by atoms with Gasteiger partial charge in [-0.05, 0) is 42.5 Å². The number of benzene rings is 1. The molecule has 2 aliphatic heterocycles. The Bertz CT molecular complexity index is 1560. The summed E-state index contributed by atoms with van der Waals surface area (Å²) in [4.78, 5) is 81.6. The molecule has 6 amide bonds. The lowest BCUT2D eigenvalue weighted by Gasteiger charge is -2.41. The van der Waals surface area contributed by atoms with Gasteiger partial charge in [0.25, 0.3) is 0 Å². The summed E-state index contributed by atoms with van der Waals surface area (Å²) in [5.41, 5.74) is 5.55. The van der Waals surface area contributed by atoms with Crippen LogP contribution in [0.25, 0.3) is 0 Å². The van der Waals surface area contributed by atoms with E-state index in [1.807, 2.05) is 0 Å². The number of carbonyl (C=O) groups excluding carboxylic acids is 6. The van der Waals surface area contributed by atoms with Crippen LogP contribution < -0.4 is 32.3 Å². The molecule has 16 heteroatoms. The SMILES string of the molecule is COCC12CCCN(C1)C(=O)/C=C/C(=O)NCC[C@@H](C(=O)NCCOCCN)NC(=O)Cc1ccccc1CNC(=O)[C@H](Cc1ccco1)NC2=O. The summed E-state index contributed by atoms with van der Waals surface area (Å²) in [7, 11) is 1.46. The first-order valence-electron chi connectivity index (χ1n) is 17.4. The normalized spacial score (nSPS) is 23.1. The minimum atomic E-state index is -1.16. The second-order valence-corrected chi connectivity index (χ2v) is 12.8. The molecule has 1 fully saturated rings. The number of rotatable bonds is 10. The van der Waals surface area contributed by atoms with Gasteiger partial charge in [0, 0.05) is 65.0 Å². The van der Waals surface area contributed by atoms with Crippen molar-refractivity contribution < 1.29 is 42.7 Å². The molecular formula is C36H49N7O9. The standard InChI is InChI=1S/C36H49N7O9/c1-50-24-36-12-5-16-43(23-36)32(46)10-9-30(44)38-14-11-28(33(47)39-15-19-51-18-13-37)41-31(45)20-25-6-2-3-7-26(25)22-40-34(48)29(42-35(36)49)21-27-8-4-17-52-27/h2-4,6-10,17,28-29H,5,11-16,18-24,37H2,1H3,(H,38,44)(H,39,47)(H,40,48)(H,41,45)(H,42,49)/b10-9+/t28-,29-,36?/m0/s1. The topological polar surface area (TPSA) is 223 Å². The molecule has 16 nitrogen and oxygen atoms in total. The number of furan rings is 1. The number of amides is 6. The van der Waals surface area contributed by atoms with Gasteiger partial charge in [-0.25, -0.2) is 0 Å². The van der Waals surface area contributed by atoms with E-state index in [0.717, 1.165) is 12.2 Å². The van der Waals surface area contributed by atoms with Gasteiger partial charge in [-0.15, -0.1) is 0 Å². The van der Waals surface area contributed by atoms with Crippen molar-refractivity contribution in [1.29, 1.82) is 0 Å². The molecule has 3 atom stereocenters. The zero-order valence-electron chi connectivity index (χ0n) is 29.4. The Balaban J connectivity index is 1.60. The fourth-order valence-corrected chi connectivity index (χ4v) is 6.22. The number of ether oxygens (including phenoxy) is 2. The van der Waals surface area contributed by atoms with Crippen LogP contribution in [-0.4, -0.2) is 112 Å². The Morgan fingerprint density at radius 2 is 1.85 bits per heavy atom. The maximum atomic E-state index is 14.0. The fraction of sp³-hybridized carbons (Fsp3) is 0.500. The molecule has 0 spiro atoms. The average molecular weight is 724 g/mol. The predicted octanol–water partition coefficient (Wildman–Crippen LogP) is -0.927. The Kier molecular flexibility index (Phi) is 15.4. The molecule has 2 aliphatic rings. The molecule has 0 aliphatic carbocycles. The summed E-state index contributed by atoms with van der Waals surface area (Å²) < 4.78 is 16.3. The van der Waals surface area contributed by atoms with Crippen LogP contribution in [0.2, 0.25) is 0 Å². The number of fused-ring (bicyclic) bond motifs is 3. The monoisotopic (exact) mass is 723 g/mol. The van der Waals surface area contributed by atoms with Crippen LogP contribution in [0.5, 0.6) is 0 Å². The molecule has 282 valence electrons. The van der Waals surface area contributed by atoms with Crippen molar-refractivity contribution in [2.45, 2.75) is 50.7 Å². The van der Waals surface area contributed by atoms with Crippen LogP contribution in [0.15, 0.2) is 59.2 Å². The van der Waals surface area contributed by atoms with E-state index in [1.165, 1.54) is 18.3 Å². The Morgan fingerprint density at radius 3 is 2.60 bits per heavy atom. The molecule has 3 heterocycles. The second-order valence-electron chi connectivity index (χ2n) is 12.8. The summed E-state index contributed by atoms with van der Waals surface area (Å²) in [6, 6.07) is 8.41. The highest BCUT2D eigenvalue weighted by molar-refractivity contribution is 5.97. The lowest BCUT2D eigenvalue weighted by Crippen LogP contribution is -2.59. The van der Waals surface area contributed by atoms with Gasteiger partial charge in [0.2, 0.25) is 35.4 Å². The highest BCUT2D eigenvalue weighted by atomic mass is 16.5. The number of nitrogens with two attached hydrogens (primary N) is 1. The number of carbonyl (C=O) groups is 6. The van der Waals surface area contributed by atoms with E-state index < -0.39 is 52.9 Å². The Labute approximate surface area is 302 Å². The summed E-state index contributed by atoms with van der Waals surface area (Å²) in [6.07, 6.45) is 4.59. The first kappa shape index (κ1) is 39.7. The molecule has 1 saturated heterocycles. The Hall–Kier alpha value is -5.06. The summed E-state index contributed by atoms with van der Waals surface area (Å²) in [5, 5.41) is 13.9. The van der Waals surface area contributed by atoms with E-state index in [9.17, 15) is 28.8 Å². The molecular weight excluding hydrogens is 674 g/mol. The van der Waals surface area contributed by atoms with Gasteiger partial charge in [-0.2, -0.15) is 0 Å². The van der Waals surface area contributed by atoms with Crippen molar-refractivity contribution in [3.63, 3.8) is 0 Å². The van der Waals surface area contributed by atoms with Crippen molar-refractivity contribution >= 4 is 35.4 Å². The minimum absolute atomic E-state index is 0.00713. The van der Waals surface area contributed by atoms with E-state index in [4.69, 9.17) is 19.6 Å². The largest absolute Gasteiger partial charge is 0.469 e.